The number of hydrogen-bond donors (Lipinski definition) is 0. The van der Waals surface area contributed by atoms with E-state index >= 15 is 0 Å². The van der Waals surface area contributed by atoms with Crippen molar-refractivity contribution in [1.82, 2.24) is 9.80 Å². The maximum absolute atomic E-state index is 12.0. The van der Waals surface area contributed by atoms with Crippen LogP contribution in [0.15, 0.2) is 0 Å². The molecular weight excluding hydrogens is 244 g/mol. The number of rotatable bonds is 5. The van der Waals surface area contributed by atoms with Gasteiger partial charge in [-0.2, -0.15) is 0 Å². The molecule has 1 heterocycles. The summed E-state index contributed by atoms with van der Waals surface area (Å²) in [6, 6.07) is 0. The van der Waals surface area contributed by atoms with Crippen molar-refractivity contribution in [2.24, 2.45) is 5.92 Å². The molecule has 0 N–H and O–H groups in total. The van der Waals surface area contributed by atoms with Gasteiger partial charge in [0.1, 0.15) is 0 Å². The predicted octanol–water partition coefficient (Wildman–Crippen LogP) is 1.13. The van der Waals surface area contributed by atoms with E-state index in [2.05, 4.69) is 18.7 Å². The number of ether oxygens (including phenoxy) is 1. The Morgan fingerprint density at radius 2 is 1.89 bits per heavy atom. The second kappa shape index (κ2) is 8.15. The van der Waals surface area contributed by atoms with E-state index in [-0.39, 0.29) is 11.9 Å². The van der Waals surface area contributed by atoms with Crippen molar-refractivity contribution in [1.29, 1.82) is 0 Å². The van der Waals surface area contributed by atoms with Gasteiger partial charge in [0.2, 0.25) is 5.91 Å². The summed E-state index contributed by atoms with van der Waals surface area (Å²) in [5.41, 5.74) is 0. The van der Waals surface area contributed by atoms with E-state index in [1.54, 1.807) is 0 Å². The van der Waals surface area contributed by atoms with Gasteiger partial charge in [-0.05, 0) is 19.3 Å². The van der Waals surface area contributed by atoms with Gasteiger partial charge in [-0.25, -0.2) is 0 Å². The SMILES string of the molecule is CCOC(=O)CN1CCCN(C(=O)CC(C)C)CC1. The fraction of sp³-hybridized carbons (Fsp3) is 0.857. The summed E-state index contributed by atoms with van der Waals surface area (Å²) < 4.78 is 4.95. The zero-order valence-corrected chi connectivity index (χ0v) is 12.4. The van der Waals surface area contributed by atoms with Crippen LogP contribution in [0.3, 0.4) is 0 Å². The van der Waals surface area contributed by atoms with E-state index in [1.165, 1.54) is 0 Å². The van der Waals surface area contributed by atoms with Crippen molar-refractivity contribution >= 4 is 11.9 Å². The summed E-state index contributed by atoms with van der Waals surface area (Å²) >= 11 is 0. The number of carbonyl (C=O) groups excluding carboxylic acids is 2. The number of nitrogens with zero attached hydrogens (tertiary/aromatic N) is 2. The van der Waals surface area contributed by atoms with Crippen molar-refractivity contribution in [2.45, 2.75) is 33.6 Å². The molecule has 0 aromatic heterocycles. The Bertz CT molecular complexity index is 305. The molecule has 0 saturated carbocycles. The van der Waals surface area contributed by atoms with Crippen LogP contribution in [0.5, 0.6) is 0 Å². The van der Waals surface area contributed by atoms with Gasteiger partial charge in [0.25, 0.3) is 0 Å². The van der Waals surface area contributed by atoms with Gasteiger partial charge in [-0.1, -0.05) is 13.8 Å². The summed E-state index contributed by atoms with van der Waals surface area (Å²) in [7, 11) is 0. The minimum Gasteiger partial charge on any atom is -0.465 e. The fourth-order valence-corrected chi connectivity index (χ4v) is 2.25. The highest BCUT2D eigenvalue weighted by molar-refractivity contribution is 5.76. The Balaban J connectivity index is 2.38. The first-order chi connectivity index (χ1) is 9.02. The topological polar surface area (TPSA) is 49.9 Å². The molecule has 0 aliphatic carbocycles. The lowest BCUT2D eigenvalue weighted by molar-refractivity contribution is -0.144. The first-order valence-corrected chi connectivity index (χ1v) is 7.18. The molecule has 0 radical (unpaired) electrons. The average Bonchev–Trinajstić information content (AvgIpc) is 2.54. The molecule has 0 aromatic carbocycles. The second-order valence-corrected chi connectivity index (χ2v) is 5.41. The molecule has 0 unspecified atom stereocenters. The largest absolute Gasteiger partial charge is 0.465 e. The van der Waals surface area contributed by atoms with Gasteiger partial charge in [-0.15, -0.1) is 0 Å². The van der Waals surface area contributed by atoms with E-state index in [0.29, 0.717) is 32.0 Å². The first-order valence-electron chi connectivity index (χ1n) is 7.18. The zero-order chi connectivity index (χ0) is 14.3. The maximum Gasteiger partial charge on any atom is 0.320 e. The minimum absolute atomic E-state index is 0.176. The highest BCUT2D eigenvalue weighted by Crippen LogP contribution is 2.08. The number of carbonyl (C=O) groups is 2. The van der Waals surface area contributed by atoms with Gasteiger partial charge in [0, 0.05) is 32.6 Å². The molecule has 1 rings (SSSR count). The Morgan fingerprint density at radius 1 is 1.16 bits per heavy atom. The maximum atomic E-state index is 12.0. The average molecular weight is 270 g/mol. The van der Waals surface area contributed by atoms with Gasteiger partial charge in [0.05, 0.1) is 13.2 Å². The van der Waals surface area contributed by atoms with Crippen molar-refractivity contribution in [3.63, 3.8) is 0 Å². The van der Waals surface area contributed by atoms with E-state index in [9.17, 15) is 9.59 Å². The van der Waals surface area contributed by atoms with Gasteiger partial charge < -0.3 is 9.64 Å². The molecule has 19 heavy (non-hydrogen) atoms. The molecule has 5 nitrogen and oxygen atoms in total. The van der Waals surface area contributed by atoms with Crippen molar-refractivity contribution in [2.75, 3.05) is 39.3 Å². The third-order valence-electron chi connectivity index (χ3n) is 3.18. The molecule has 110 valence electrons. The van der Waals surface area contributed by atoms with E-state index in [0.717, 1.165) is 26.1 Å². The summed E-state index contributed by atoms with van der Waals surface area (Å²) in [6.07, 6.45) is 1.53. The van der Waals surface area contributed by atoms with Crippen LogP contribution in [0.25, 0.3) is 0 Å². The molecule has 0 atom stereocenters. The normalized spacial score (nSPS) is 17.4. The Morgan fingerprint density at radius 3 is 2.53 bits per heavy atom. The lowest BCUT2D eigenvalue weighted by atomic mass is 10.1. The van der Waals surface area contributed by atoms with E-state index < -0.39 is 0 Å². The van der Waals surface area contributed by atoms with Gasteiger partial charge in [0.15, 0.2) is 0 Å². The molecule has 1 aliphatic rings. The summed E-state index contributed by atoms with van der Waals surface area (Å²) in [5, 5.41) is 0. The molecule has 1 aliphatic heterocycles. The second-order valence-electron chi connectivity index (χ2n) is 5.41. The first kappa shape index (κ1) is 16.0. The van der Waals surface area contributed by atoms with Crippen LogP contribution in [0, 0.1) is 5.92 Å². The molecule has 1 saturated heterocycles. The van der Waals surface area contributed by atoms with Crippen molar-refractivity contribution in [3.05, 3.63) is 0 Å². The Labute approximate surface area is 115 Å². The quantitative estimate of drug-likeness (QED) is 0.703. The molecule has 1 fully saturated rings. The minimum atomic E-state index is -0.176. The highest BCUT2D eigenvalue weighted by atomic mass is 16.5. The third-order valence-corrected chi connectivity index (χ3v) is 3.18. The highest BCUT2D eigenvalue weighted by Gasteiger charge is 2.21. The molecular formula is C14H26N2O3. The fourth-order valence-electron chi connectivity index (χ4n) is 2.25. The van der Waals surface area contributed by atoms with Crippen LogP contribution in [0.4, 0.5) is 0 Å². The van der Waals surface area contributed by atoms with E-state index in [4.69, 9.17) is 4.74 Å². The van der Waals surface area contributed by atoms with Gasteiger partial charge >= 0.3 is 5.97 Å². The number of hydrogen-bond acceptors (Lipinski definition) is 4. The molecule has 5 heteroatoms. The molecule has 0 aromatic rings. The van der Waals surface area contributed by atoms with Crippen LogP contribution < -0.4 is 0 Å². The van der Waals surface area contributed by atoms with Crippen molar-refractivity contribution < 1.29 is 14.3 Å². The zero-order valence-electron chi connectivity index (χ0n) is 12.4. The Kier molecular flexibility index (Phi) is 6.84. The van der Waals surface area contributed by atoms with Crippen LogP contribution in [0.2, 0.25) is 0 Å². The molecule has 1 amide bonds. The van der Waals surface area contributed by atoms with Gasteiger partial charge in [-0.3, -0.25) is 14.5 Å². The smallest absolute Gasteiger partial charge is 0.320 e. The monoisotopic (exact) mass is 270 g/mol. The summed E-state index contributed by atoms with van der Waals surface area (Å²) in [6.45, 7) is 9.80. The number of esters is 1. The predicted molar refractivity (Wildman–Crippen MR) is 73.7 cm³/mol. The standard InChI is InChI=1S/C14H26N2O3/c1-4-19-14(18)11-15-6-5-7-16(9-8-15)13(17)10-12(2)3/h12H,4-11H2,1-3H3. The third kappa shape index (κ3) is 6.05. The summed E-state index contributed by atoms with van der Waals surface area (Å²) in [4.78, 5) is 27.4. The summed E-state index contributed by atoms with van der Waals surface area (Å²) in [5.74, 6) is 0.448. The molecule has 0 bridgehead atoms. The van der Waals surface area contributed by atoms with Crippen LogP contribution in [-0.4, -0.2) is 61.0 Å². The lowest BCUT2D eigenvalue weighted by Crippen LogP contribution is -2.37. The van der Waals surface area contributed by atoms with Crippen LogP contribution >= 0.6 is 0 Å². The number of amides is 1. The Hall–Kier alpha value is -1.10. The van der Waals surface area contributed by atoms with E-state index in [1.807, 2.05) is 11.8 Å². The van der Waals surface area contributed by atoms with Crippen LogP contribution in [0.1, 0.15) is 33.6 Å². The lowest BCUT2D eigenvalue weighted by Gasteiger charge is -2.22. The van der Waals surface area contributed by atoms with Crippen molar-refractivity contribution in [3.8, 4) is 0 Å². The van der Waals surface area contributed by atoms with Crippen LogP contribution in [-0.2, 0) is 14.3 Å². The molecule has 0 spiro atoms.